The number of nitrogens with one attached hydrogen (secondary N) is 2. The van der Waals surface area contributed by atoms with Gasteiger partial charge in [0.1, 0.15) is 0 Å². The molecule has 0 atom stereocenters. The van der Waals surface area contributed by atoms with E-state index in [1.807, 2.05) is 26.0 Å². The molecule has 0 bridgehead atoms. The monoisotopic (exact) mass is 256 g/mol. The molecule has 0 aliphatic heterocycles. The summed E-state index contributed by atoms with van der Waals surface area (Å²) < 4.78 is 0.964. The Kier molecular flexibility index (Phi) is 4.10. The first-order valence-corrected chi connectivity index (χ1v) is 5.20. The van der Waals surface area contributed by atoms with Crippen LogP contribution in [0.15, 0.2) is 28.7 Å². The van der Waals surface area contributed by atoms with Crippen molar-refractivity contribution in [1.82, 2.24) is 10.9 Å². The number of hydrogen-bond acceptors (Lipinski definition) is 2. The molecule has 1 amide bonds. The number of amides is 1. The van der Waals surface area contributed by atoms with E-state index in [0.29, 0.717) is 5.56 Å². The van der Waals surface area contributed by atoms with Crippen LogP contribution >= 0.6 is 15.9 Å². The highest BCUT2D eigenvalue weighted by atomic mass is 79.9. The number of halogens is 1. The van der Waals surface area contributed by atoms with Gasteiger partial charge in [0.15, 0.2) is 0 Å². The zero-order valence-electron chi connectivity index (χ0n) is 8.17. The normalized spacial score (nSPS) is 10.3. The number of benzene rings is 1. The fourth-order valence-electron chi connectivity index (χ4n) is 0.883. The predicted octanol–water partition coefficient (Wildman–Crippen LogP) is 2.09. The quantitative estimate of drug-likeness (QED) is 0.814. The Balaban J connectivity index is 2.57. The van der Waals surface area contributed by atoms with Gasteiger partial charge < -0.3 is 0 Å². The largest absolute Gasteiger partial charge is 0.287 e. The van der Waals surface area contributed by atoms with Gasteiger partial charge in [-0.05, 0) is 38.1 Å². The van der Waals surface area contributed by atoms with E-state index >= 15 is 0 Å². The van der Waals surface area contributed by atoms with Crippen LogP contribution in [0.4, 0.5) is 0 Å². The van der Waals surface area contributed by atoms with Gasteiger partial charge in [-0.3, -0.25) is 10.2 Å². The van der Waals surface area contributed by atoms with Crippen molar-refractivity contribution >= 4 is 21.8 Å². The SMILES string of the molecule is CC(C)NNC(=O)c1ccc(Br)cc1. The van der Waals surface area contributed by atoms with E-state index in [0.717, 1.165) is 4.47 Å². The lowest BCUT2D eigenvalue weighted by Gasteiger charge is -2.09. The first-order chi connectivity index (χ1) is 6.59. The third kappa shape index (κ3) is 3.47. The Hall–Kier alpha value is -0.870. The lowest BCUT2D eigenvalue weighted by atomic mass is 10.2. The van der Waals surface area contributed by atoms with E-state index in [9.17, 15) is 4.79 Å². The van der Waals surface area contributed by atoms with Crippen LogP contribution in [0, 0.1) is 0 Å². The molecule has 1 aromatic carbocycles. The Morgan fingerprint density at radius 2 is 1.86 bits per heavy atom. The van der Waals surface area contributed by atoms with Crippen LogP contribution in [0.25, 0.3) is 0 Å². The lowest BCUT2D eigenvalue weighted by molar-refractivity contribution is 0.0927. The van der Waals surface area contributed by atoms with Crippen molar-refractivity contribution in [2.75, 3.05) is 0 Å². The van der Waals surface area contributed by atoms with Crippen molar-refractivity contribution in [1.29, 1.82) is 0 Å². The summed E-state index contributed by atoms with van der Waals surface area (Å²) in [5, 5.41) is 0. The van der Waals surface area contributed by atoms with Gasteiger partial charge >= 0.3 is 0 Å². The van der Waals surface area contributed by atoms with Gasteiger partial charge in [0.25, 0.3) is 5.91 Å². The third-order valence-corrected chi connectivity index (χ3v) is 2.11. The summed E-state index contributed by atoms with van der Waals surface area (Å²) in [6.07, 6.45) is 0. The van der Waals surface area contributed by atoms with Crippen LogP contribution in [0.5, 0.6) is 0 Å². The van der Waals surface area contributed by atoms with Crippen molar-refractivity contribution < 1.29 is 4.79 Å². The minimum Gasteiger partial charge on any atom is -0.287 e. The maximum absolute atomic E-state index is 11.5. The van der Waals surface area contributed by atoms with Gasteiger partial charge in [0, 0.05) is 16.1 Å². The van der Waals surface area contributed by atoms with Gasteiger partial charge in [-0.25, -0.2) is 5.43 Å². The molecule has 0 heterocycles. The molecule has 0 saturated heterocycles. The fraction of sp³-hybridized carbons (Fsp3) is 0.300. The summed E-state index contributed by atoms with van der Waals surface area (Å²) in [6.45, 7) is 3.92. The molecule has 0 saturated carbocycles. The van der Waals surface area contributed by atoms with Crippen LogP contribution in [-0.4, -0.2) is 11.9 Å². The number of carbonyl (C=O) groups excluding carboxylic acids is 1. The summed E-state index contributed by atoms with van der Waals surface area (Å²) in [4.78, 5) is 11.5. The molecule has 0 aliphatic carbocycles. The standard InChI is InChI=1S/C10H13BrN2O/c1-7(2)12-13-10(14)8-3-5-9(11)6-4-8/h3-7,12H,1-2H3,(H,13,14). The molecule has 0 aromatic heterocycles. The lowest BCUT2D eigenvalue weighted by Crippen LogP contribution is -2.41. The number of hydrogen-bond donors (Lipinski definition) is 2. The van der Waals surface area contributed by atoms with Gasteiger partial charge in [0.2, 0.25) is 0 Å². The van der Waals surface area contributed by atoms with Crippen molar-refractivity contribution in [2.24, 2.45) is 0 Å². The molecular formula is C10H13BrN2O. The Labute approximate surface area is 92.0 Å². The minimum absolute atomic E-state index is 0.119. The molecule has 1 aromatic rings. The van der Waals surface area contributed by atoms with Gasteiger partial charge in [0.05, 0.1) is 0 Å². The van der Waals surface area contributed by atoms with E-state index < -0.39 is 0 Å². The first-order valence-electron chi connectivity index (χ1n) is 4.41. The zero-order chi connectivity index (χ0) is 10.6. The Morgan fingerprint density at radius 1 is 1.29 bits per heavy atom. The molecule has 0 fully saturated rings. The third-order valence-electron chi connectivity index (χ3n) is 1.58. The van der Waals surface area contributed by atoms with Crippen LogP contribution in [-0.2, 0) is 0 Å². The highest BCUT2D eigenvalue weighted by molar-refractivity contribution is 9.10. The second kappa shape index (κ2) is 5.12. The average Bonchev–Trinajstić information content (AvgIpc) is 2.15. The van der Waals surface area contributed by atoms with E-state index in [4.69, 9.17) is 0 Å². The van der Waals surface area contributed by atoms with Crippen molar-refractivity contribution in [2.45, 2.75) is 19.9 Å². The summed E-state index contributed by atoms with van der Waals surface area (Å²) >= 11 is 3.31. The average molecular weight is 257 g/mol. The molecular weight excluding hydrogens is 244 g/mol. The maximum atomic E-state index is 11.5. The zero-order valence-corrected chi connectivity index (χ0v) is 9.76. The number of carbonyl (C=O) groups is 1. The maximum Gasteiger partial charge on any atom is 0.265 e. The highest BCUT2D eigenvalue weighted by Crippen LogP contribution is 2.09. The molecule has 0 radical (unpaired) electrons. The first kappa shape index (κ1) is 11.2. The predicted molar refractivity (Wildman–Crippen MR) is 59.9 cm³/mol. The molecule has 2 N–H and O–H groups in total. The molecule has 0 spiro atoms. The summed E-state index contributed by atoms with van der Waals surface area (Å²) in [5.74, 6) is -0.119. The van der Waals surface area contributed by atoms with E-state index in [1.54, 1.807) is 12.1 Å². The van der Waals surface area contributed by atoms with Crippen LogP contribution in [0.1, 0.15) is 24.2 Å². The summed E-state index contributed by atoms with van der Waals surface area (Å²) in [5.41, 5.74) is 6.10. The van der Waals surface area contributed by atoms with E-state index in [-0.39, 0.29) is 11.9 Å². The second-order valence-corrected chi connectivity index (χ2v) is 4.18. The molecule has 3 nitrogen and oxygen atoms in total. The molecule has 1 rings (SSSR count). The number of rotatable bonds is 3. The molecule has 76 valence electrons. The smallest absolute Gasteiger partial charge is 0.265 e. The topological polar surface area (TPSA) is 41.1 Å². The highest BCUT2D eigenvalue weighted by Gasteiger charge is 2.04. The molecule has 4 heteroatoms. The minimum atomic E-state index is -0.119. The van der Waals surface area contributed by atoms with E-state index in [2.05, 4.69) is 26.8 Å². The van der Waals surface area contributed by atoms with E-state index in [1.165, 1.54) is 0 Å². The van der Waals surface area contributed by atoms with Crippen molar-refractivity contribution in [3.63, 3.8) is 0 Å². The Morgan fingerprint density at radius 3 is 2.36 bits per heavy atom. The molecule has 0 aliphatic rings. The number of hydrazine groups is 1. The summed E-state index contributed by atoms with van der Waals surface area (Å²) in [7, 11) is 0. The Bertz CT molecular complexity index is 308. The van der Waals surface area contributed by atoms with Gasteiger partial charge in [-0.1, -0.05) is 15.9 Å². The van der Waals surface area contributed by atoms with Crippen molar-refractivity contribution in [3.05, 3.63) is 34.3 Å². The van der Waals surface area contributed by atoms with Crippen molar-refractivity contribution in [3.8, 4) is 0 Å². The fourth-order valence-corrected chi connectivity index (χ4v) is 1.15. The molecule has 14 heavy (non-hydrogen) atoms. The molecule has 0 unspecified atom stereocenters. The van der Waals surface area contributed by atoms with Gasteiger partial charge in [-0.2, -0.15) is 0 Å². The van der Waals surface area contributed by atoms with Crippen LogP contribution in [0.3, 0.4) is 0 Å². The van der Waals surface area contributed by atoms with Gasteiger partial charge in [-0.15, -0.1) is 0 Å². The summed E-state index contributed by atoms with van der Waals surface area (Å²) in [6, 6.07) is 7.44. The second-order valence-electron chi connectivity index (χ2n) is 3.26. The van der Waals surface area contributed by atoms with Crippen LogP contribution in [0.2, 0.25) is 0 Å². The van der Waals surface area contributed by atoms with Crippen LogP contribution < -0.4 is 10.9 Å².